The zero-order chi connectivity index (χ0) is 36.9. The third-order valence-electron chi connectivity index (χ3n) is 12.5. The van der Waals surface area contributed by atoms with E-state index in [1.165, 1.54) is 19.3 Å². The van der Waals surface area contributed by atoms with E-state index < -0.39 is 33.0 Å². The van der Waals surface area contributed by atoms with E-state index in [0.717, 1.165) is 116 Å². The van der Waals surface area contributed by atoms with Crippen molar-refractivity contribution < 1.29 is 28.6 Å². The Morgan fingerprint density at radius 2 is 0.760 bits per heavy atom. The normalized spacial score (nSPS) is 23.9. The molecule has 0 bridgehead atoms. The number of rotatable bonds is 14. The van der Waals surface area contributed by atoms with Crippen LogP contribution in [0.1, 0.15) is 189 Å². The van der Waals surface area contributed by atoms with Gasteiger partial charge < -0.3 is 14.2 Å². The lowest BCUT2D eigenvalue weighted by molar-refractivity contribution is -0.182. The van der Waals surface area contributed by atoms with Crippen molar-refractivity contribution in [2.45, 2.75) is 206 Å². The molecule has 3 rings (SSSR count). The van der Waals surface area contributed by atoms with Crippen LogP contribution in [-0.4, -0.2) is 34.7 Å². The Bertz CT molecular complexity index is 1140. The summed E-state index contributed by atoms with van der Waals surface area (Å²) in [5, 5.41) is 0. The van der Waals surface area contributed by atoms with Crippen molar-refractivity contribution in [3.05, 3.63) is 38.0 Å². The minimum atomic E-state index is -1.20. The fraction of sp³-hybridized carbons (Fsp3) is 0.795. The molecule has 0 N–H and O–H groups in total. The van der Waals surface area contributed by atoms with Crippen LogP contribution in [0.3, 0.4) is 0 Å². The molecule has 50 heavy (non-hydrogen) atoms. The smallest absolute Gasteiger partial charge is 0.312 e. The van der Waals surface area contributed by atoms with E-state index in [4.69, 9.17) is 14.2 Å². The lowest BCUT2D eigenvalue weighted by Gasteiger charge is -2.44. The Labute approximate surface area is 305 Å². The monoisotopic (exact) mass is 697 g/mol. The lowest BCUT2D eigenvalue weighted by Crippen LogP contribution is -2.49. The zero-order valence-corrected chi connectivity index (χ0v) is 32.8. The molecule has 3 fully saturated rings. The van der Waals surface area contributed by atoms with Crippen LogP contribution < -0.4 is 0 Å². The van der Waals surface area contributed by atoms with Gasteiger partial charge >= 0.3 is 17.9 Å². The molecule has 0 aromatic carbocycles. The van der Waals surface area contributed by atoms with E-state index >= 15 is 0 Å². The highest BCUT2D eigenvalue weighted by atomic mass is 16.6. The van der Waals surface area contributed by atoms with Gasteiger partial charge in [-0.3, -0.25) is 14.4 Å². The second-order valence-electron chi connectivity index (χ2n) is 17.5. The Kier molecular flexibility index (Phi) is 15.5. The fourth-order valence-electron chi connectivity index (χ4n) is 8.95. The predicted octanol–water partition coefficient (Wildman–Crippen LogP) is 11.9. The molecule has 0 radical (unpaired) electrons. The van der Waals surface area contributed by atoms with Crippen LogP contribution in [-0.2, 0) is 28.6 Å². The molecule has 0 aromatic rings. The van der Waals surface area contributed by atoms with Gasteiger partial charge in [-0.1, -0.05) is 84.4 Å². The Hall–Kier alpha value is -2.37. The van der Waals surface area contributed by atoms with E-state index in [1.807, 2.05) is 52.8 Å². The molecule has 0 aliphatic heterocycles. The minimum Gasteiger partial charge on any atom is -0.454 e. The van der Waals surface area contributed by atoms with Crippen molar-refractivity contribution in [3.8, 4) is 0 Å². The van der Waals surface area contributed by atoms with Crippen molar-refractivity contribution in [2.24, 2.45) is 16.2 Å². The van der Waals surface area contributed by atoms with Gasteiger partial charge in [0.05, 0.1) is 16.2 Å². The molecule has 2 unspecified atom stereocenters. The second-order valence-corrected chi connectivity index (χ2v) is 17.5. The van der Waals surface area contributed by atoms with Crippen molar-refractivity contribution in [1.29, 1.82) is 0 Å². The first-order valence-corrected chi connectivity index (χ1v) is 20.3. The van der Waals surface area contributed by atoms with Crippen LogP contribution >= 0.6 is 0 Å². The summed E-state index contributed by atoms with van der Waals surface area (Å²) >= 11 is 0. The van der Waals surface area contributed by atoms with Gasteiger partial charge in [0.2, 0.25) is 0 Å². The largest absolute Gasteiger partial charge is 0.454 e. The van der Waals surface area contributed by atoms with E-state index in [2.05, 4.69) is 19.7 Å². The van der Waals surface area contributed by atoms with Crippen molar-refractivity contribution in [3.63, 3.8) is 0 Å². The molecule has 0 spiro atoms. The van der Waals surface area contributed by atoms with Gasteiger partial charge in [-0.15, -0.1) is 0 Å². The quantitative estimate of drug-likeness (QED) is 0.102. The third kappa shape index (κ3) is 11.1. The predicted molar refractivity (Wildman–Crippen MR) is 204 cm³/mol. The number of carbonyl (C=O) groups is 3. The van der Waals surface area contributed by atoms with E-state index in [-0.39, 0.29) is 30.7 Å². The summed E-state index contributed by atoms with van der Waals surface area (Å²) in [5.74, 6) is -1.05. The van der Waals surface area contributed by atoms with Crippen LogP contribution in [0.4, 0.5) is 0 Å². The maximum Gasteiger partial charge on any atom is 0.312 e. The molecule has 0 saturated heterocycles. The highest BCUT2D eigenvalue weighted by Gasteiger charge is 2.53. The molecule has 3 aliphatic carbocycles. The first kappa shape index (κ1) is 42.0. The van der Waals surface area contributed by atoms with Gasteiger partial charge in [-0.05, 0) is 142 Å². The highest BCUT2D eigenvalue weighted by molar-refractivity contribution is 5.83. The minimum absolute atomic E-state index is 0.160. The fourth-order valence-corrected chi connectivity index (χ4v) is 8.95. The van der Waals surface area contributed by atoms with Crippen molar-refractivity contribution >= 4 is 17.9 Å². The van der Waals surface area contributed by atoms with Crippen LogP contribution in [0.5, 0.6) is 0 Å². The van der Waals surface area contributed by atoms with Crippen LogP contribution in [0.15, 0.2) is 38.0 Å². The first-order valence-electron chi connectivity index (χ1n) is 20.3. The van der Waals surface area contributed by atoms with E-state index in [9.17, 15) is 14.4 Å². The number of esters is 3. The van der Waals surface area contributed by atoms with Gasteiger partial charge in [0.15, 0.2) is 0 Å². The van der Waals surface area contributed by atoms with Gasteiger partial charge in [-0.25, -0.2) is 0 Å². The Morgan fingerprint density at radius 1 is 0.480 bits per heavy atom. The number of ether oxygens (including phenoxy) is 3. The SMILES string of the molecule is C=CC1(OC(=O)C(C)(C)CC(C)(CC(C)(CC)C(=O)OC2(C=C)CCCCCCC2)C(=O)OC2(C=C)CCCCCCC2)CCCCCCC1. The molecule has 6 heteroatoms. The average molecular weight is 697 g/mol. The molecule has 0 amide bonds. The summed E-state index contributed by atoms with van der Waals surface area (Å²) in [7, 11) is 0. The van der Waals surface area contributed by atoms with Gasteiger partial charge in [0, 0.05) is 0 Å². The van der Waals surface area contributed by atoms with E-state index in [0.29, 0.717) is 6.42 Å². The van der Waals surface area contributed by atoms with Crippen LogP contribution in [0.2, 0.25) is 0 Å². The molecule has 3 saturated carbocycles. The maximum absolute atomic E-state index is 14.8. The summed E-state index contributed by atoms with van der Waals surface area (Å²) < 4.78 is 19.4. The third-order valence-corrected chi connectivity index (χ3v) is 12.5. The van der Waals surface area contributed by atoms with Gasteiger partial charge in [0.1, 0.15) is 16.8 Å². The van der Waals surface area contributed by atoms with E-state index in [1.54, 1.807) is 0 Å². The topological polar surface area (TPSA) is 78.9 Å². The first-order chi connectivity index (χ1) is 23.7. The maximum atomic E-state index is 14.8. The molecule has 0 aromatic heterocycles. The van der Waals surface area contributed by atoms with Gasteiger partial charge in [-0.2, -0.15) is 0 Å². The highest BCUT2D eigenvalue weighted by Crippen LogP contribution is 2.49. The summed E-state index contributed by atoms with van der Waals surface area (Å²) in [6, 6.07) is 0. The number of carbonyl (C=O) groups excluding carboxylic acids is 3. The molecule has 284 valence electrons. The average Bonchev–Trinajstić information content (AvgIpc) is 3.04. The van der Waals surface area contributed by atoms with Crippen molar-refractivity contribution in [1.82, 2.24) is 0 Å². The Balaban J connectivity index is 1.97. The number of hydrogen-bond donors (Lipinski definition) is 0. The molecular formula is C44H72O6. The zero-order valence-electron chi connectivity index (χ0n) is 32.8. The molecule has 6 nitrogen and oxygen atoms in total. The summed E-state index contributed by atoms with van der Waals surface area (Å²) in [5.41, 5.74) is -5.45. The molecule has 0 heterocycles. The second kappa shape index (κ2) is 18.4. The summed E-state index contributed by atoms with van der Waals surface area (Å²) in [6.45, 7) is 21.8. The molecule has 3 aliphatic rings. The summed E-state index contributed by atoms with van der Waals surface area (Å²) in [4.78, 5) is 43.4. The molecular weight excluding hydrogens is 624 g/mol. The van der Waals surface area contributed by atoms with Crippen molar-refractivity contribution in [2.75, 3.05) is 0 Å². The Morgan fingerprint density at radius 3 is 1.06 bits per heavy atom. The van der Waals surface area contributed by atoms with Crippen LogP contribution in [0.25, 0.3) is 0 Å². The number of hydrogen-bond acceptors (Lipinski definition) is 6. The lowest BCUT2D eigenvalue weighted by atomic mass is 9.65. The standard InChI is InChI=1S/C44H72O6/c1-9-40(7,37(46)49-43(11-3)30-24-18-14-19-25-31-43)35-41(8,38(47)50-44(12-4)32-26-20-15-21-27-33-44)34-39(5,6)36(45)48-42(10-2)28-22-16-13-17-23-29-42/h10-12H,2-4,9,13-35H2,1,5-8H3. The summed E-state index contributed by atoms with van der Waals surface area (Å²) in [6.07, 6.45) is 26.8. The van der Waals surface area contributed by atoms with Crippen LogP contribution in [0, 0.1) is 16.2 Å². The molecule has 2 atom stereocenters. The van der Waals surface area contributed by atoms with Gasteiger partial charge in [0.25, 0.3) is 0 Å².